The predicted octanol–water partition coefficient (Wildman–Crippen LogP) is 2.78. The Labute approximate surface area is 223 Å². The van der Waals surface area contributed by atoms with Crippen LogP contribution in [0.3, 0.4) is 0 Å². The molecule has 1 amide bonds. The Balaban J connectivity index is 0.000000333. The average Bonchev–Trinajstić information content (AvgIpc) is 3.32. The number of likely N-dealkylation sites (N-methyl/N-ethyl adjacent to an activating group) is 1. The second-order valence-corrected chi connectivity index (χ2v) is 8.56. The van der Waals surface area contributed by atoms with Crippen LogP contribution in [0.1, 0.15) is 18.5 Å². The van der Waals surface area contributed by atoms with Gasteiger partial charge in [0.25, 0.3) is 5.91 Å². The number of ether oxygens (including phenoxy) is 1. The molecule has 11 nitrogen and oxygen atoms in total. The van der Waals surface area contributed by atoms with Crippen molar-refractivity contribution in [2.45, 2.75) is 43.9 Å². The van der Waals surface area contributed by atoms with Gasteiger partial charge in [0.1, 0.15) is 6.10 Å². The lowest BCUT2D eigenvalue weighted by Crippen LogP contribution is -2.43. The minimum Gasteiger partial charge on any atom is -0.475 e. The van der Waals surface area contributed by atoms with E-state index in [2.05, 4.69) is 19.9 Å². The van der Waals surface area contributed by atoms with Crippen LogP contribution in [-0.2, 0) is 25.7 Å². The molecule has 2 saturated heterocycles. The molecule has 2 aliphatic rings. The van der Waals surface area contributed by atoms with Crippen LogP contribution in [0.4, 0.5) is 32.3 Å². The molecule has 17 heteroatoms. The highest BCUT2D eigenvalue weighted by molar-refractivity contribution is 5.81. The Hall–Kier alpha value is -4.02. The topological polar surface area (TPSA) is 146 Å². The fourth-order valence-electron chi connectivity index (χ4n) is 3.78. The highest BCUT2D eigenvalue weighted by Gasteiger charge is 2.43. The van der Waals surface area contributed by atoms with Crippen LogP contribution < -0.4 is 4.90 Å². The number of nitrogens with zero attached hydrogens (tertiary/aromatic N) is 5. The number of carboxylic acid groups (broad SMARTS) is 2. The van der Waals surface area contributed by atoms with Gasteiger partial charge in [-0.25, -0.2) is 19.6 Å². The van der Waals surface area contributed by atoms with Crippen LogP contribution in [0.25, 0.3) is 0 Å². The van der Waals surface area contributed by atoms with Crippen molar-refractivity contribution in [1.82, 2.24) is 19.9 Å². The van der Waals surface area contributed by atoms with Crippen molar-refractivity contribution in [1.29, 1.82) is 0 Å². The Bertz CT molecular complexity index is 1100. The highest BCUT2D eigenvalue weighted by Crippen LogP contribution is 2.34. The third kappa shape index (κ3) is 9.94. The Morgan fingerprint density at radius 1 is 0.975 bits per heavy atom. The van der Waals surface area contributed by atoms with Crippen LogP contribution in [0.5, 0.6) is 0 Å². The minimum absolute atomic E-state index is 0.0348. The zero-order chi connectivity index (χ0) is 30.1. The summed E-state index contributed by atoms with van der Waals surface area (Å²) in [6.45, 7) is 2.14. The molecule has 3 atom stereocenters. The number of aromatic nitrogens is 3. The summed E-state index contributed by atoms with van der Waals surface area (Å²) >= 11 is 0. The van der Waals surface area contributed by atoms with E-state index in [0.717, 1.165) is 37.6 Å². The van der Waals surface area contributed by atoms with Gasteiger partial charge in [0, 0.05) is 38.7 Å². The summed E-state index contributed by atoms with van der Waals surface area (Å²) in [6, 6.07) is 7.55. The number of anilines is 1. The number of fused-ring (bicyclic) bond motifs is 1. The number of carbonyl (C=O) groups excluding carboxylic acids is 1. The van der Waals surface area contributed by atoms with Crippen LogP contribution in [0.15, 0.2) is 42.9 Å². The first-order chi connectivity index (χ1) is 18.6. The third-order valence-electron chi connectivity index (χ3n) is 5.65. The van der Waals surface area contributed by atoms with E-state index in [-0.39, 0.29) is 18.1 Å². The number of hydrogen-bond donors (Lipinski definition) is 2. The summed E-state index contributed by atoms with van der Waals surface area (Å²) in [5, 5.41) is 14.2. The molecule has 0 saturated carbocycles. The van der Waals surface area contributed by atoms with Gasteiger partial charge in [-0.05, 0) is 37.0 Å². The molecule has 2 fully saturated rings. The first kappa shape index (κ1) is 32.2. The summed E-state index contributed by atoms with van der Waals surface area (Å²) in [5.74, 6) is -4.32. The van der Waals surface area contributed by atoms with Crippen LogP contribution in [-0.4, -0.2) is 92.6 Å². The lowest BCUT2D eigenvalue weighted by molar-refractivity contribution is -0.193. The largest absolute Gasteiger partial charge is 0.490 e. The van der Waals surface area contributed by atoms with Gasteiger partial charge in [0.05, 0.1) is 18.3 Å². The highest BCUT2D eigenvalue weighted by atomic mass is 19.4. The zero-order valence-electron chi connectivity index (χ0n) is 20.8. The number of rotatable bonds is 4. The number of piperidine rings is 1. The number of hydrogen-bond acceptors (Lipinski definition) is 8. The first-order valence-electron chi connectivity index (χ1n) is 11.5. The SMILES string of the molecule is CN(Cc1ccccn1)C(=O)[C@@H]1C[C@@H]2CCN(c3ncccn3)C[C@H]2O1.O=C(O)C(F)(F)F.O=C(O)C(F)(F)F. The van der Waals surface area contributed by atoms with Crippen LogP contribution in [0, 0.1) is 5.92 Å². The lowest BCUT2D eigenvalue weighted by Gasteiger charge is -2.33. The maximum atomic E-state index is 12.8. The van der Waals surface area contributed by atoms with Crippen molar-refractivity contribution < 1.29 is 55.7 Å². The predicted molar refractivity (Wildman–Crippen MR) is 124 cm³/mol. The molecule has 40 heavy (non-hydrogen) atoms. The molecule has 2 N–H and O–H groups in total. The van der Waals surface area contributed by atoms with Crippen molar-refractivity contribution in [3.63, 3.8) is 0 Å². The summed E-state index contributed by atoms with van der Waals surface area (Å²) in [7, 11) is 1.81. The Morgan fingerprint density at radius 3 is 2.02 bits per heavy atom. The van der Waals surface area contributed by atoms with E-state index in [1.807, 2.05) is 31.3 Å². The number of amides is 1. The molecule has 0 aromatic carbocycles. The van der Waals surface area contributed by atoms with Gasteiger partial charge in [0.15, 0.2) is 0 Å². The number of carboxylic acids is 2. The van der Waals surface area contributed by atoms with E-state index in [1.165, 1.54) is 0 Å². The molecule has 0 unspecified atom stereocenters. The van der Waals surface area contributed by atoms with Crippen LogP contribution >= 0.6 is 0 Å². The number of halogens is 6. The van der Waals surface area contributed by atoms with Gasteiger partial charge < -0.3 is 24.7 Å². The summed E-state index contributed by atoms with van der Waals surface area (Å²) in [4.78, 5) is 47.4. The van der Waals surface area contributed by atoms with E-state index < -0.39 is 24.3 Å². The molecule has 0 aliphatic carbocycles. The van der Waals surface area contributed by atoms with E-state index >= 15 is 0 Å². The molecular weight excluding hydrogens is 556 g/mol. The van der Waals surface area contributed by atoms with E-state index in [1.54, 1.807) is 23.5 Å². The summed E-state index contributed by atoms with van der Waals surface area (Å²) < 4.78 is 69.6. The van der Waals surface area contributed by atoms with Crippen molar-refractivity contribution in [2.75, 3.05) is 25.0 Å². The molecule has 4 rings (SSSR count). The maximum Gasteiger partial charge on any atom is 0.490 e. The molecule has 2 aromatic heterocycles. The standard InChI is InChI=1S/C19H23N5O2.2C2HF3O2/c1-23(12-15-5-2-3-7-20-15)18(25)16-11-14-6-10-24(13-17(14)26-16)19-21-8-4-9-22-19;2*3-2(4,5)1(6)7/h2-5,7-9,14,16-17H,6,10-13H2,1H3;2*(H,6,7)/t14-,16-,17+;;/m0../s1. The monoisotopic (exact) mass is 581 g/mol. The first-order valence-corrected chi connectivity index (χ1v) is 11.5. The van der Waals surface area contributed by atoms with Gasteiger partial charge >= 0.3 is 24.3 Å². The van der Waals surface area contributed by atoms with Gasteiger partial charge in [-0.3, -0.25) is 9.78 Å². The van der Waals surface area contributed by atoms with Crippen molar-refractivity contribution in [3.05, 3.63) is 48.5 Å². The Kier molecular flexibility index (Phi) is 11.2. The van der Waals surface area contributed by atoms with Gasteiger partial charge in [-0.15, -0.1) is 0 Å². The number of alkyl halides is 6. The minimum atomic E-state index is -5.08. The maximum absolute atomic E-state index is 12.8. The fraction of sp³-hybridized carbons (Fsp3) is 0.478. The molecule has 2 aliphatic heterocycles. The zero-order valence-corrected chi connectivity index (χ0v) is 20.8. The number of aliphatic carboxylic acids is 2. The fourth-order valence-corrected chi connectivity index (χ4v) is 3.78. The molecule has 0 spiro atoms. The van der Waals surface area contributed by atoms with Gasteiger partial charge in [0.2, 0.25) is 5.95 Å². The quantitative estimate of drug-likeness (QED) is 0.517. The molecule has 0 radical (unpaired) electrons. The van der Waals surface area contributed by atoms with Crippen molar-refractivity contribution in [2.24, 2.45) is 5.92 Å². The molecule has 2 aromatic rings. The van der Waals surface area contributed by atoms with Crippen molar-refractivity contribution >= 4 is 23.8 Å². The van der Waals surface area contributed by atoms with Crippen molar-refractivity contribution in [3.8, 4) is 0 Å². The van der Waals surface area contributed by atoms with Gasteiger partial charge in [-0.1, -0.05) is 6.07 Å². The second-order valence-electron chi connectivity index (χ2n) is 8.56. The van der Waals surface area contributed by atoms with E-state index in [4.69, 9.17) is 24.5 Å². The normalized spacial score (nSPS) is 20.2. The Morgan fingerprint density at radius 2 is 1.52 bits per heavy atom. The second kappa shape index (κ2) is 13.9. The molecular formula is C23H25F6N5O6. The third-order valence-corrected chi connectivity index (χ3v) is 5.65. The number of pyridine rings is 1. The summed E-state index contributed by atoms with van der Waals surface area (Å²) in [6.07, 6.45) is -3.43. The van der Waals surface area contributed by atoms with E-state index in [0.29, 0.717) is 12.5 Å². The smallest absolute Gasteiger partial charge is 0.475 e. The summed E-state index contributed by atoms with van der Waals surface area (Å²) in [5.41, 5.74) is 0.881. The molecule has 4 heterocycles. The van der Waals surface area contributed by atoms with Crippen LogP contribution in [0.2, 0.25) is 0 Å². The molecule has 220 valence electrons. The molecule has 0 bridgehead atoms. The number of carbonyl (C=O) groups is 3. The average molecular weight is 581 g/mol. The lowest BCUT2D eigenvalue weighted by atomic mass is 9.92. The van der Waals surface area contributed by atoms with E-state index in [9.17, 15) is 31.1 Å². The van der Waals surface area contributed by atoms with Gasteiger partial charge in [-0.2, -0.15) is 26.3 Å².